The summed E-state index contributed by atoms with van der Waals surface area (Å²) in [5.41, 5.74) is 7.48. The van der Waals surface area contributed by atoms with Crippen LogP contribution in [0.15, 0.2) is 33.7 Å². The van der Waals surface area contributed by atoms with E-state index < -0.39 is 0 Å². The van der Waals surface area contributed by atoms with Crippen molar-refractivity contribution in [1.82, 2.24) is 8.75 Å². The molecule has 110 valence electrons. The molecule has 0 unspecified atom stereocenters. The zero-order chi connectivity index (χ0) is 15.1. The van der Waals surface area contributed by atoms with E-state index in [-0.39, 0.29) is 0 Å². The van der Waals surface area contributed by atoms with Crippen LogP contribution in [-0.2, 0) is 0 Å². The molecular formula is C16H12N2OS3. The Morgan fingerprint density at radius 1 is 0.909 bits per heavy atom. The molecule has 3 heterocycles. The Labute approximate surface area is 140 Å². The summed E-state index contributed by atoms with van der Waals surface area (Å²) in [4.78, 5) is 0. The molecule has 0 fully saturated rings. The van der Waals surface area contributed by atoms with Gasteiger partial charge in [0.1, 0.15) is 16.8 Å². The number of rotatable bonds is 3. The van der Waals surface area contributed by atoms with Gasteiger partial charge in [-0.05, 0) is 51.7 Å². The number of ether oxygens (including phenoxy) is 1. The van der Waals surface area contributed by atoms with Crippen molar-refractivity contribution in [2.24, 2.45) is 0 Å². The Morgan fingerprint density at radius 3 is 2.05 bits per heavy atom. The fraction of sp³-hybridized carbons (Fsp3) is 0.125. The van der Waals surface area contributed by atoms with E-state index in [1.54, 1.807) is 29.8 Å². The second kappa shape index (κ2) is 5.46. The number of nitrogens with zero attached hydrogens (tertiary/aromatic N) is 2. The summed E-state index contributed by atoms with van der Waals surface area (Å²) in [6.45, 7) is 2.10. The fourth-order valence-electron chi connectivity index (χ4n) is 2.79. The van der Waals surface area contributed by atoms with Gasteiger partial charge in [-0.15, -0.1) is 0 Å². The molecule has 0 atom stereocenters. The van der Waals surface area contributed by atoms with Crippen LogP contribution in [0.25, 0.3) is 33.3 Å². The predicted octanol–water partition coefficient (Wildman–Crippen LogP) is 5.47. The number of methoxy groups -OCH3 is 1. The highest BCUT2D eigenvalue weighted by Gasteiger charge is 2.23. The monoisotopic (exact) mass is 344 g/mol. The standard InChI is InChI=1S/C16H12N2OS3/c1-9-12(10-3-5-20-7-10)14-15(18-22-17-14)13(16(9)19-2)11-4-6-21-8-11/h3-8H,1-2H3. The van der Waals surface area contributed by atoms with Gasteiger partial charge in [0.15, 0.2) is 0 Å². The van der Waals surface area contributed by atoms with Crippen molar-refractivity contribution in [2.75, 3.05) is 7.11 Å². The van der Waals surface area contributed by atoms with Crippen LogP contribution >= 0.6 is 34.4 Å². The molecule has 4 aromatic rings. The second-order valence-corrected chi connectivity index (χ2v) is 6.98. The SMILES string of the molecule is COc1c(C)c(-c2ccsc2)c2nsnc2c1-c1ccsc1. The highest BCUT2D eigenvalue weighted by Crippen LogP contribution is 2.45. The molecule has 0 amide bonds. The first-order valence-corrected chi connectivity index (χ1v) is 9.30. The van der Waals surface area contributed by atoms with Crippen LogP contribution in [0.3, 0.4) is 0 Å². The summed E-state index contributed by atoms with van der Waals surface area (Å²) in [6, 6.07) is 4.22. The summed E-state index contributed by atoms with van der Waals surface area (Å²) in [5.74, 6) is 0.889. The first kappa shape index (κ1) is 13.9. The van der Waals surface area contributed by atoms with Crippen molar-refractivity contribution in [3.8, 4) is 28.0 Å². The van der Waals surface area contributed by atoms with E-state index in [0.717, 1.165) is 39.0 Å². The Kier molecular flexibility index (Phi) is 3.44. The molecule has 0 spiro atoms. The van der Waals surface area contributed by atoms with Crippen molar-refractivity contribution in [3.63, 3.8) is 0 Å². The van der Waals surface area contributed by atoms with Crippen LogP contribution < -0.4 is 4.74 Å². The number of fused-ring (bicyclic) bond motifs is 1. The van der Waals surface area contributed by atoms with Gasteiger partial charge in [0.2, 0.25) is 0 Å². The lowest BCUT2D eigenvalue weighted by atomic mass is 9.94. The van der Waals surface area contributed by atoms with Crippen LogP contribution in [-0.4, -0.2) is 15.9 Å². The number of thiophene rings is 2. The van der Waals surface area contributed by atoms with E-state index in [2.05, 4.69) is 49.3 Å². The van der Waals surface area contributed by atoms with Crippen molar-refractivity contribution in [3.05, 3.63) is 39.2 Å². The molecule has 22 heavy (non-hydrogen) atoms. The number of aromatic nitrogens is 2. The summed E-state index contributed by atoms with van der Waals surface area (Å²) >= 11 is 4.61. The highest BCUT2D eigenvalue weighted by molar-refractivity contribution is 7.08. The van der Waals surface area contributed by atoms with Gasteiger partial charge in [0.05, 0.1) is 24.4 Å². The highest BCUT2D eigenvalue weighted by atomic mass is 32.1. The van der Waals surface area contributed by atoms with E-state index in [9.17, 15) is 0 Å². The maximum Gasteiger partial charge on any atom is 0.132 e. The minimum absolute atomic E-state index is 0.889. The summed E-state index contributed by atoms with van der Waals surface area (Å²) in [7, 11) is 1.72. The minimum atomic E-state index is 0.889. The van der Waals surface area contributed by atoms with Gasteiger partial charge in [-0.25, -0.2) is 0 Å². The molecule has 0 aliphatic heterocycles. The largest absolute Gasteiger partial charge is 0.496 e. The third-order valence-electron chi connectivity index (χ3n) is 3.73. The maximum absolute atomic E-state index is 5.76. The molecule has 3 aromatic heterocycles. The Bertz CT molecular complexity index is 924. The average Bonchev–Trinajstić information content (AvgIpc) is 3.27. The minimum Gasteiger partial charge on any atom is -0.496 e. The van der Waals surface area contributed by atoms with Crippen LogP contribution in [0.4, 0.5) is 0 Å². The lowest BCUT2D eigenvalue weighted by Gasteiger charge is -2.15. The van der Waals surface area contributed by atoms with E-state index in [1.165, 1.54) is 17.3 Å². The van der Waals surface area contributed by atoms with Crippen LogP contribution in [0, 0.1) is 6.92 Å². The van der Waals surface area contributed by atoms with Crippen LogP contribution in [0.1, 0.15) is 5.56 Å². The molecule has 0 saturated heterocycles. The third-order valence-corrected chi connectivity index (χ3v) is 5.62. The Hall–Kier alpha value is -1.76. The zero-order valence-corrected chi connectivity index (χ0v) is 14.4. The van der Waals surface area contributed by atoms with Gasteiger partial charge in [0, 0.05) is 11.1 Å². The third kappa shape index (κ3) is 1.99. The summed E-state index contributed by atoms with van der Waals surface area (Å²) in [5, 5.41) is 8.42. The average molecular weight is 344 g/mol. The zero-order valence-electron chi connectivity index (χ0n) is 12.0. The predicted molar refractivity (Wildman–Crippen MR) is 95.3 cm³/mol. The van der Waals surface area contributed by atoms with Gasteiger partial charge >= 0.3 is 0 Å². The smallest absolute Gasteiger partial charge is 0.132 e. The number of hydrogen-bond acceptors (Lipinski definition) is 6. The molecule has 4 rings (SSSR count). The van der Waals surface area contributed by atoms with Crippen molar-refractivity contribution >= 4 is 45.4 Å². The Morgan fingerprint density at radius 2 is 1.50 bits per heavy atom. The van der Waals surface area contributed by atoms with Crippen LogP contribution in [0.2, 0.25) is 0 Å². The molecule has 0 saturated carbocycles. The second-order valence-electron chi connectivity index (χ2n) is 4.89. The molecule has 3 nitrogen and oxygen atoms in total. The van der Waals surface area contributed by atoms with Crippen molar-refractivity contribution in [1.29, 1.82) is 0 Å². The normalized spacial score (nSPS) is 11.2. The van der Waals surface area contributed by atoms with Gasteiger partial charge < -0.3 is 4.74 Å². The molecule has 0 aliphatic carbocycles. The van der Waals surface area contributed by atoms with E-state index in [0.29, 0.717) is 0 Å². The molecular weight excluding hydrogens is 332 g/mol. The van der Waals surface area contributed by atoms with Crippen molar-refractivity contribution < 1.29 is 4.74 Å². The molecule has 0 aliphatic rings. The van der Waals surface area contributed by atoms with E-state index in [4.69, 9.17) is 4.74 Å². The van der Waals surface area contributed by atoms with Gasteiger partial charge in [0.25, 0.3) is 0 Å². The first-order valence-electron chi connectivity index (χ1n) is 6.69. The molecule has 6 heteroatoms. The Balaban J connectivity index is 2.15. The molecule has 0 N–H and O–H groups in total. The van der Waals surface area contributed by atoms with E-state index >= 15 is 0 Å². The van der Waals surface area contributed by atoms with Gasteiger partial charge in [-0.2, -0.15) is 31.4 Å². The first-order chi connectivity index (χ1) is 10.8. The van der Waals surface area contributed by atoms with Gasteiger partial charge in [-0.3, -0.25) is 0 Å². The lowest BCUT2D eigenvalue weighted by Crippen LogP contribution is -1.96. The summed E-state index contributed by atoms with van der Waals surface area (Å²) in [6.07, 6.45) is 0. The molecule has 0 bridgehead atoms. The fourth-order valence-corrected chi connectivity index (χ4v) is 4.65. The van der Waals surface area contributed by atoms with Crippen molar-refractivity contribution in [2.45, 2.75) is 6.92 Å². The molecule has 0 radical (unpaired) electrons. The van der Waals surface area contributed by atoms with Gasteiger partial charge in [-0.1, -0.05) is 0 Å². The maximum atomic E-state index is 5.76. The number of hydrogen-bond donors (Lipinski definition) is 0. The summed E-state index contributed by atoms with van der Waals surface area (Å²) < 4.78 is 14.9. The lowest BCUT2D eigenvalue weighted by molar-refractivity contribution is 0.414. The van der Waals surface area contributed by atoms with Crippen LogP contribution in [0.5, 0.6) is 5.75 Å². The quantitative estimate of drug-likeness (QED) is 0.494. The number of benzene rings is 1. The van der Waals surface area contributed by atoms with E-state index in [1.807, 2.05) is 0 Å². The molecule has 1 aromatic carbocycles. The topological polar surface area (TPSA) is 35.0 Å².